The number of likely N-dealkylation sites (tertiary alicyclic amines) is 1. The lowest BCUT2D eigenvalue weighted by atomic mass is 9.96. The molecule has 0 radical (unpaired) electrons. The van der Waals surface area contributed by atoms with Crippen molar-refractivity contribution in [3.63, 3.8) is 0 Å². The highest BCUT2D eigenvalue weighted by molar-refractivity contribution is 7.08. The monoisotopic (exact) mass is 267 g/mol. The number of hydrogen-bond acceptors (Lipinski definition) is 4. The zero-order valence-corrected chi connectivity index (χ0v) is 11.0. The van der Waals surface area contributed by atoms with E-state index in [1.54, 1.807) is 11.3 Å². The van der Waals surface area contributed by atoms with Crippen LogP contribution in [0.15, 0.2) is 16.8 Å². The van der Waals surface area contributed by atoms with Crippen molar-refractivity contribution < 1.29 is 14.3 Å². The second kappa shape index (κ2) is 5.38. The maximum absolute atomic E-state index is 12.2. The van der Waals surface area contributed by atoms with Gasteiger partial charge in [0.1, 0.15) is 0 Å². The van der Waals surface area contributed by atoms with E-state index >= 15 is 0 Å². The molecule has 2 aliphatic rings. The van der Waals surface area contributed by atoms with Crippen molar-refractivity contribution in [1.29, 1.82) is 0 Å². The number of carbonyl (C=O) groups excluding carboxylic acids is 1. The molecule has 1 aromatic heterocycles. The number of thiophene rings is 1. The number of nitrogens with zero attached hydrogens (tertiary/aromatic N) is 1. The van der Waals surface area contributed by atoms with Crippen LogP contribution in [0.4, 0.5) is 0 Å². The van der Waals surface area contributed by atoms with E-state index in [4.69, 9.17) is 9.47 Å². The Morgan fingerprint density at radius 2 is 2.00 bits per heavy atom. The molecule has 0 spiro atoms. The summed E-state index contributed by atoms with van der Waals surface area (Å²) >= 11 is 1.57. The highest BCUT2D eigenvalue weighted by atomic mass is 32.1. The van der Waals surface area contributed by atoms with Crippen molar-refractivity contribution in [3.8, 4) is 0 Å². The van der Waals surface area contributed by atoms with Gasteiger partial charge in [0.25, 0.3) is 5.91 Å². The molecule has 18 heavy (non-hydrogen) atoms. The lowest BCUT2D eigenvalue weighted by Crippen LogP contribution is -2.41. The van der Waals surface area contributed by atoms with Crippen LogP contribution < -0.4 is 0 Å². The van der Waals surface area contributed by atoms with Crippen LogP contribution in [0.3, 0.4) is 0 Å². The summed E-state index contributed by atoms with van der Waals surface area (Å²) in [4.78, 5) is 14.1. The van der Waals surface area contributed by atoms with Crippen LogP contribution in [0.1, 0.15) is 23.2 Å². The third-order valence-corrected chi connectivity index (χ3v) is 4.31. The largest absolute Gasteiger partial charge is 0.350 e. The Hall–Kier alpha value is -0.910. The van der Waals surface area contributed by atoms with Gasteiger partial charge in [-0.15, -0.1) is 0 Å². The van der Waals surface area contributed by atoms with Crippen molar-refractivity contribution in [1.82, 2.24) is 4.90 Å². The van der Waals surface area contributed by atoms with E-state index in [2.05, 4.69) is 0 Å². The average molecular weight is 267 g/mol. The summed E-state index contributed by atoms with van der Waals surface area (Å²) in [6, 6.07) is 1.89. The van der Waals surface area contributed by atoms with Gasteiger partial charge in [-0.3, -0.25) is 4.79 Å². The first kappa shape index (κ1) is 12.1. The molecule has 4 nitrogen and oxygen atoms in total. The number of hydrogen-bond donors (Lipinski definition) is 0. The van der Waals surface area contributed by atoms with Crippen LogP contribution in [0.2, 0.25) is 0 Å². The zero-order valence-electron chi connectivity index (χ0n) is 10.2. The molecule has 2 saturated heterocycles. The fraction of sp³-hybridized carbons (Fsp3) is 0.615. The molecule has 1 aromatic rings. The molecule has 0 bridgehead atoms. The van der Waals surface area contributed by atoms with E-state index in [9.17, 15) is 4.79 Å². The molecule has 5 heteroatoms. The van der Waals surface area contributed by atoms with E-state index in [0.29, 0.717) is 19.1 Å². The van der Waals surface area contributed by atoms with Gasteiger partial charge in [-0.05, 0) is 24.3 Å². The van der Waals surface area contributed by atoms with E-state index < -0.39 is 0 Å². The number of amides is 1. The van der Waals surface area contributed by atoms with Gasteiger partial charge in [0.15, 0.2) is 6.29 Å². The Kier molecular flexibility index (Phi) is 3.63. The Morgan fingerprint density at radius 3 is 2.61 bits per heavy atom. The smallest absolute Gasteiger partial charge is 0.254 e. The first-order valence-corrected chi connectivity index (χ1v) is 7.33. The number of piperidine rings is 1. The van der Waals surface area contributed by atoms with Crippen molar-refractivity contribution in [3.05, 3.63) is 22.4 Å². The molecule has 98 valence electrons. The summed E-state index contributed by atoms with van der Waals surface area (Å²) in [5.74, 6) is 0.599. The Balaban J connectivity index is 1.55. The molecule has 0 atom stereocenters. The van der Waals surface area contributed by atoms with E-state index in [1.165, 1.54) is 0 Å². The molecule has 1 amide bonds. The Bertz CT molecular complexity index is 392. The first-order valence-electron chi connectivity index (χ1n) is 6.39. The first-order chi connectivity index (χ1) is 8.84. The second-order valence-electron chi connectivity index (χ2n) is 4.75. The maximum Gasteiger partial charge on any atom is 0.254 e. The molecule has 3 rings (SSSR count). The minimum Gasteiger partial charge on any atom is -0.350 e. The van der Waals surface area contributed by atoms with Gasteiger partial charge >= 0.3 is 0 Å². The molecular weight excluding hydrogens is 250 g/mol. The third-order valence-electron chi connectivity index (χ3n) is 3.63. The Morgan fingerprint density at radius 1 is 1.28 bits per heavy atom. The summed E-state index contributed by atoms with van der Waals surface area (Å²) in [6.07, 6.45) is 1.91. The predicted molar refractivity (Wildman–Crippen MR) is 68.6 cm³/mol. The summed E-state index contributed by atoms with van der Waals surface area (Å²) in [5, 5.41) is 3.86. The van der Waals surface area contributed by atoms with E-state index in [0.717, 1.165) is 31.5 Å². The van der Waals surface area contributed by atoms with Gasteiger partial charge < -0.3 is 14.4 Å². The van der Waals surface area contributed by atoms with Crippen LogP contribution in [0.5, 0.6) is 0 Å². The van der Waals surface area contributed by atoms with Crippen LogP contribution in [0, 0.1) is 5.92 Å². The quantitative estimate of drug-likeness (QED) is 0.822. The van der Waals surface area contributed by atoms with Crippen molar-refractivity contribution >= 4 is 17.2 Å². The van der Waals surface area contributed by atoms with Gasteiger partial charge in [-0.1, -0.05) is 0 Å². The molecule has 0 aromatic carbocycles. The van der Waals surface area contributed by atoms with Gasteiger partial charge in [-0.2, -0.15) is 11.3 Å². The highest BCUT2D eigenvalue weighted by Crippen LogP contribution is 2.26. The number of ether oxygens (including phenoxy) is 2. The van der Waals surface area contributed by atoms with Crippen molar-refractivity contribution in [2.24, 2.45) is 5.92 Å². The van der Waals surface area contributed by atoms with Crippen LogP contribution >= 0.6 is 11.3 Å². The second-order valence-corrected chi connectivity index (χ2v) is 5.53. The summed E-state index contributed by atoms with van der Waals surface area (Å²) < 4.78 is 11.1. The molecule has 0 saturated carbocycles. The van der Waals surface area contributed by atoms with E-state index in [-0.39, 0.29) is 12.2 Å². The molecule has 0 aliphatic carbocycles. The molecular formula is C13H17NO3S. The van der Waals surface area contributed by atoms with Gasteiger partial charge in [0.05, 0.1) is 18.8 Å². The highest BCUT2D eigenvalue weighted by Gasteiger charge is 2.31. The SMILES string of the molecule is O=C(c1ccsc1)N1CCC(C2OCCO2)CC1. The lowest BCUT2D eigenvalue weighted by molar-refractivity contribution is -0.0956. The van der Waals surface area contributed by atoms with E-state index in [1.807, 2.05) is 21.7 Å². The average Bonchev–Trinajstić information content (AvgIpc) is 3.11. The van der Waals surface area contributed by atoms with Crippen LogP contribution in [-0.4, -0.2) is 43.4 Å². The van der Waals surface area contributed by atoms with Gasteiger partial charge in [0, 0.05) is 24.4 Å². The Labute approximate surface area is 110 Å². The van der Waals surface area contributed by atoms with Crippen LogP contribution in [0.25, 0.3) is 0 Å². The summed E-state index contributed by atoms with van der Waals surface area (Å²) in [5.41, 5.74) is 0.812. The third kappa shape index (κ3) is 2.43. The number of carbonyl (C=O) groups is 1. The summed E-state index contributed by atoms with van der Waals surface area (Å²) in [7, 11) is 0. The predicted octanol–water partition coefficient (Wildman–Crippen LogP) is 1.97. The molecule has 2 aliphatic heterocycles. The summed E-state index contributed by atoms with van der Waals surface area (Å²) in [6.45, 7) is 3.03. The van der Waals surface area contributed by atoms with Crippen LogP contribution in [-0.2, 0) is 9.47 Å². The van der Waals surface area contributed by atoms with Crippen molar-refractivity contribution in [2.45, 2.75) is 19.1 Å². The fourth-order valence-corrected chi connectivity index (χ4v) is 3.22. The zero-order chi connectivity index (χ0) is 12.4. The molecule has 3 heterocycles. The normalized spacial score (nSPS) is 22.6. The molecule has 0 N–H and O–H groups in total. The minimum atomic E-state index is -0.0385. The van der Waals surface area contributed by atoms with Crippen molar-refractivity contribution in [2.75, 3.05) is 26.3 Å². The molecule has 0 unspecified atom stereocenters. The fourth-order valence-electron chi connectivity index (χ4n) is 2.59. The van der Waals surface area contributed by atoms with Gasteiger partial charge in [0.2, 0.25) is 0 Å². The topological polar surface area (TPSA) is 38.8 Å². The minimum absolute atomic E-state index is 0.0385. The molecule has 2 fully saturated rings. The maximum atomic E-state index is 12.2. The lowest BCUT2D eigenvalue weighted by Gasteiger charge is -2.33. The number of rotatable bonds is 2. The standard InChI is InChI=1S/C13H17NO3S/c15-12(11-3-8-18-9-11)14-4-1-10(2-5-14)13-16-6-7-17-13/h3,8-10,13H,1-2,4-7H2. The van der Waals surface area contributed by atoms with Gasteiger partial charge in [-0.25, -0.2) is 0 Å².